The fourth-order valence-electron chi connectivity index (χ4n) is 2.75. The van der Waals surface area contributed by atoms with Gasteiger partial charge in [0, 0.05) is 16.3 Å². The molecule has 1 fully saturated rings. The molecule has 3 heteroatoms. The van der Waals surface area contributed by atoms with Crippen molar-refractivity contribution < 1.29 is 0 Å². The molecule has 0 aliphatic carbocycles. The molecule has 2 aliphatic heterocycles. The molecule has 2 aromatic carbocycles. The summed E-state index contributed by atoms with van der Waals surface area (Å²) in [7, 11) is 0. The van der Waals surface area contributed by atoms with Crippen LogP contribution in [0.25, 0.3) is 0 Å². The van der Waals surface area contributed by atoms with Crippen LogP contribution in [0.2, 0.25) is 0 Å². The van der Waals surface area contributed by atoms with Crippen LogP contribution in [-0.2, 0) is 0 Å². The Bertz CT molecular complexity index is 540. The lowest BCUT2D eigenvalue weighted by molar-refractivity contribution is 0.857. The minimum Gasteiger partial charge on any atom is -0.340 e. The largest absolute Gasteiger partial charge is 0.340 e. The maximum atomic E-state index is 3.22. The number of para-hydroxylation sites is 2. The highest BCUT2D eigenvalue weighted by Crippen LogP contribution is 2.47. The predicted molar refractivity (Wildman–Crippen MR) is 91.8 cm³/mol. The SMILES string of the molecule is C1CCNC1.CCN1c2ccccc2Sc2ccccc21. The number of rotatable bonds is 1. The smallest absolute Gasteiger partial charge is 0.0552 e. The van der Waals surface area contributed by atoms with E-state index in [4.69, 9.17) is 0 Å². The lowest BCUT2D eigenvalue weighted by Gasteiger charge is -2.31. The van der Waals surface area contributed by atoms with E-state index in [0.29, 0.717) is 0 Å². The molecular formula is C18H22N2S. The summed E-state index contributed by atoms with van der Waals surface area (Å²) in [6.07, 6.45) is 2.78. The van der Waals surface area contributed by atoms with Crippen molar-refractivity contribution in [3.05, 3.63) is 48.5 Å². The van der Waals surface area contributed by atoms with E-state index in [2.05, 4.69) is 65.7 Å². The Kier molecular flexibility index (Phi) is 4.84. The highest BCUT2D eigenvalue weighted by Gasteiger charge is 2.20. The molecule has 110 valence electrons. The summed E-state index contributed by atoms with van der Waals surface area (Å²) in [4.78, 5) is 5.08. The number of benzene rings is 2. The van der Waals surface area contributed by atoms with Gasteiger partial charge in [-0.05, 0) is 57.1 Å². The van der Waals surface area contributed by atoms with Crippen molar-refractivity contribution in [2.45, 2.75) is 29.6 Å². The van der Waals surface area contributed by atoms with Crippen LogP contribution in [0.4, 0.5) is 11.4 Å². The number of hydrogen-bond acceptors (Lipinski definition) is 3. The lowest BCUT2D eigenvalue weighted by Crippen LogP contribution is -2.19. The Hall–Kier alpha value is -1.45. The van der Waals surface area contributed by atoms with Gasteiger partial charge in [-0.1, -0.05) is 36.0 Å². The van der Waals surface area contributed by atoms with Crippen LogP contribution in [0, 0.1) is 0 Å². The fourth-order valence-corrected chi connectivity index (χ4v) is 3.84. The third kappa shape index (κ3) is 3.25. The molecule has 1 N–H and O–H groups in total. The van der Waals surface area contributed by atoms with E-state index < -0.39 is 0 Å². The minimum atomic E-state index is 1.01. The van der Waals surface area contributed by atoms with Crippen LogP contribution in [0.3, 0.4) is 0 Å². The van der Waals surface area contributed by atoms with Gasteiger partial charge in [0.15, 0.2) is 0 Å². The van der Waals surface area contributed by atoms with Crippen LogP contribution in [-0.4, -0.2) is 19.6 Å². The second kappa shape index (κ2) is 7.01. The Morgan fingerprint density at radius 1 is 0.905 bits per heavy atom. The third-order valence-electron chi connectivity index (χ3n) is 3.81. The van der Waals surface area contributed by atoms with Crippen LogP contribution in [0.1, 0.15) is 19.8 Å². The third-order valence-corrected chi connectivity index (χ3v) is 4.94. The van der Waals surface area contributed by atoms with Crippen molar-refractivity contribution in [3.63, 3.8) is 0 Å². The number of anilines is 2. The number of nitrogens with zero attached hydrogens (tertiary/aromatic N) is 1. The van der Waals surface area contributed by atoms with Gasteiger partial charge in [0.2, 0.25) is 0 Å². The average molecular weight is 298 g/mol. The van der Waals surface area contributed by atoms with Gasteiger partial charge in [-0.25, -0.2) is 0 Å². The first kappa shape index (κ1) is 14.5. The molecule has 0 aromatic heterocycles. The second-order valence-corrected chi connectivity index (χ2v) is 6.32. The monoisotopic (exact) mass is 298 g/mol. The van der Waals surface area contributed by atoms with Gasteiger partial charge in [0.05, 0.1) is 11.4 Å². The number of hydrogen-bond donors (Lipinski definition) is 1. The first-order valence-electron chi connectivity index (χ1n) is 7.74. The summed E-state index contributed by atoms with van der Waals surface area (Å²) in [6.45, 7) is 5.71. The van der Waals surface area contributed by atoms with Crippen molar-refractivity contribution in [1.29, 1.82) is 0 Å². The van der Waals surface area contributed by atoms with Crippen LogP contribution in [0.15, 0.2) is 58.3 Å². The quantitative estimate of drug-likeness (QED) is 0.823. The van der Waals surface area contributed by atoms with Gasteiger partial charge >= 0.3 is 0 Å². The molecule has 0 unspecified atom stereocenters. The first-order chi connectivity index (χ1) is 10.4. The number of nitrogens with one attached hydrogen (secondary N) is 1. The molecule has 1 saturated heterocycles. The average Bonchev–Trinajstić information content (AvgIpc) is 3.12. The van der Waals surface area contributed by atoms with Crippen LogP contribution in [0.5, 0.6) is 0 Å². The predicted octanol–water partition coefficient (Wildman–Crippen LogP) is 4.68. The highest BCUT2D eigenvalue weighted by molar-refractivity contribution is 7.99. The maximum Gasteiger partial charge on any atom is 0.0552 e. The molecule has 0 bridgehead atoms. The Labute approximate surface area is 131 Å². The van der Waals surface area contributed by atoms with E-state index in [9.17, 15) is 0 Å². The molecule has 4 rings (SSSR count). The molecule has 2 heterocycles. The molecule has 0 atom stereocenters. The van der Waals surface area contributed by atoms with Crippen LogP contribution >= 0.6 is 11.8 Å². The highest BCUT2D eigenvalue weighted by atomic mass is 32.2. The fraction of sp³-hybridized carbons (Fsp3) is 0.333. The molecular weight excluding hydrogens is 276 g/mol. The summed E-state index contributed by atoms with van der Waals surface area (Å²) in [5, 5.41) is 3.22. The van der Waals surface area contributed by atoms with Crippen molar-refractivity contribution in [2.24, 2.45) is 0 Å². The summed E-state index contributed by atoms with van der Waals surface area (Å²) in [6, 6.07) is 17.2. The van der Waals surface area contributed by atoms with E-state index in [1.807, 2.05) is 11.8 Å². The van der Waals surface area contributed by atoms with Crippen molar-refractivity contribution >= 4 is 23.1 Å². The van der Waals surface area contributed by atoms with Gasteiger partial charge in [0.25, 0.3) is 0 Å². The molecule has 0 radical (unpaired) electrons. The molecule has 0 saturated carbocycles. The summed E-state index contributed by atoms with van der Waals surface area (Å²) < 4.78 is 0. The van der Waals surface area contributed by atoms with Gasteiger partial charge in [-0.3, -0.25) is 0 Å². The van der Waals surface area contributed by atoms with E-state index in [1.54, 1.807) is 0 Å². The van der Waals surface area contributed by atoms with E-state index in [1.165, 1.54) is 47.1 Å². The lowest BCUT2D eigenvalue weighted by atomic mass is 10.2. The maximum absolute atomic E-state index is 3.22. The number of fused-ring (bicyclic) bond motifs is 2. The normalized spacial score (nSPS) is 15.8. The van der Waals surface area contributed by atoms with Crippen molar-refractivity contribution in [2.75, 3.05) is 24.5 Å². The first-order valence-corrected chi connectivity index (χ1v) is 8.56. The molecule has 2 aliphatic rings. The topological polar surface area (TPSA) is 15.3 Å². The van der Waals surface area contributed by atoms with E-state index >= 15 is 0 Å². The second-order valence-electron chi connectivity index (χ2n) is 5.24. The summed E-state index contributed by atoms with van der Waals surface area (Å²) >= 11 is 1.86. The van der Waals surface area contributed by atoms with Crippen molar-refractivity contribution in [3.8, 4) is 0 Å². The standard InChI is InChI=1S/C14H13NS.C4H9N/c1-2-15-11-7-3-5-9-13(11)16-14-10-6-4-8-12(14)15;1-2-4-5-3-1/h3-10H,2H2,1H3;5H,1-4H2. The zero-order chi connectivity index (χ0) is 14.5. The molecule has 2 nitrogen and oxygen atoms in total. The Morgan fingerprint density at radius 3 is 1.86 bits per heavy atom. The molecule has 21 heavy (non-hydrogen) atoms. The molecule has 2 aromatic rings. The zero-order valence-electron chi connectivity index (χ0n) is 12.5. The van der Waals surface area contributed by atoms with Gasteiger partial charge in [-0.2, -0.15) is 0 Å². The van der Waals surface area contributed by atoms with Gasteiger partial charge < -0.3 is 10.2 Å². The molecule has 0 amide bonds. The minimum absolute atomic E-state index is 1.01. The van der Waals surface area contributed by atoms with Crippen LogP contribution < -0.4 is 10.2 Å². The van der Waals surface area contributed by atoms with Gasteiger partial charge in [-0.15, -0.1) is 0 Å². The van der Waals surface area contributed by atoms with E-state index in [0.717, 1.165) is 6.54 Å². The Balaban J connectivity index is 0.000000225. The van der Waals surface area contributed by atoms with E-state index in [-0.39, 0.29) is 0 Å². The zero-order valence-corrected chi connectivity index (χ0v) is 13.3. The summed E-state index contributed by atoms with van der Waals surface area (Å²) in [5.74, 6) is 0. The van der Waals surface area contributed by atoms with Gasteiger partial charge in [0.1, 0.15) is 0 Å². The molecule has 0 spiro atoms. The van der Waals surface area contributed by atoms with Crippen molar-refractivity contribution in [1.82, 2.24) is 5.32 Å². The summed E-state index contributed by atoms with van der Waals surface area (Å²) in [5.41, 5.74) is 2.66. The Morgan fingerprint density at radius 2 is 1.43 bits per heavy atom.